The normalized spacial score (nSPS) is 11.3. The van der Waals surface area contributed by atoms with Crippen molar-refractivity contribution in [3.8, 4) is 0 Å². The zero-order valence-corrected chi connectivity index (χ0v) is 8.67. The van der Waals surface area contributed by atoms with Crippen molar-refractivity contribution in [3.63, 3.8) is 0 Å². The average molecular weight is 231 g/mol. The van der Waals surface area contributed by atoms with E-state index in [4.69, 9.17) is 5.11 Å². The summed E-state index contributed by atoms with van der Waals surface area (Å²) in [6.45, 7) is 1.43. The first kappa shape index (κ1) is 11.4. The number of carbonyl (C=O) groups is 1. The number of nitrogens with one attached hydrogen (secondary N) is 1. The van der Waals surface area contributed by atoms with E-state index in [1.807, 2.05) is 0 Å². The van der Waals surface area contributed by atoms with Crippen LogP contribution in [-0.4, -0.2) is 30.2 Å². The Balaban J connectivity index is 3.45. The van der Waals surface area contributed by atoms with Gasteiger partial charge in [-0.05, 0) is 6.07 Å². The van der Waals surface area contributed by atoms with E-state index >= 15 is 0 Å². The van der Waals surface area contributed by atoms with Gasteiger partial charge in [-0.25, -0.2) is 13.2 Å². The molecule has 7 heteroatoms. The van der Waals surface area contributed by atoms with Crippen LogP contribution in [0.3, 0.4) is 0 Å². The summed E-state index contributed by atoms with van der Waals surface area (Å²) in [5.74, 6) is -1.61. The molecule has 0 amide bonds. The smallest absolute Gasteiger partial charge is 0.341 e. The second kappa shape index (κ2) is 3.85. The van der Waals surface area contributed by atoms with Crippen LogP contribution in [0.5, 0.6) is 0 Å². The SMILES string of the molecule is CCS(=O)(=O)c1c[nH]c(=O)c(C(=O)O)c1. The third-order valence-corrected chi connectivity index (χ3v) is 3.56. The summed E-state index contributed by atoms with van der Waals surface area (Å²) in [5.41, 5.74) is -1.40. The van der Waals surface area contributed by atoms with Crippen LogP contribution < -0.4 is 5.56 Å². The van der Waals surface area contributed by atoms with Gasteiger partial charge >= 0.3 is 5.97 Å². The molecule has 1 heterocycles. The van der Waals surface area contributed by atoms with Crippen molar-refractivity contribution < 1.29 is 18.3 Å². The third-order valence-electron chi connectivity index (χ3n) is 1.85. The molecule has 15 heavy (non-hydrogen) atoms. The Bertz CT molecular complexity index is 542. The van der Waals surface area contributed by atoms with Gasteiger partial charge in [0, 0.05) is 6.20 Å². The lowest BCUT2D eigenvalue weighted by Gasteiger charge is -2.01. The first-order valence-corrected chi connectivity index (χ1v) is 5.72. The first-order valence-electron chi connectivity index (χ1n) is 4.07. The maximum atomic E-state index is 11.4. The summed E-state index contributed by atoms with van der Waals surface area (Å²) in [6.07, 6.45) is 0.994. The van der Waals surface area contributed by atoms with Gasteiger partial charge in [0.1, 0.15) is 5.56 Å². The second-order valence-electron chi connectivity index (χ2n) is 2.79. The molecule has 0 aliphatic carbocycles. The molecule has 0 aliphatic rings. The highest BCUT2D eigenvalue weighted by molar-refractivity contribution is 7.91. The van der Waals surface area contributed by atoms with Crippen LogP contribution >= 0.6 is 0 Å². The fourth-order valence-corrected chi connectivity index (χ4v) is 1.84. The molecular weight excluding hydrogens is 222 g/mol. The summed E-state index contributed by atoms with van der Waals surface area (Å²) in [7, 11) is -3.50. The number of aromatic nitrogens is 1. The van der Waals surface area contributed by atoms with Crippen molar-refractivity contribution in [2.45, 2.75) is 11.8 Å². The van der Waals surface area contributed by atoms with Crippen LogP contribution in [0, 0.1) is 0 Å². The number of sulfone groups is 1. The number of aromatic amines is 1. The van der Waals surface area contributed by atoms with E-state index in [1.165, 1.54) is 6.92 Å². The zero-order chi connectivity index (χ0) is 11.6. The number of aromatic carboxylic acids is 1. The molecule has 0 aliphatic heterocycles. The minimum Gasteiger partial charge on any atom is -0.477 e. The maximum Gasteiger partial charge on any atom is 0.341 e. The van der Waals surface area contributed by atoms with Crippen LogP contribution in [0.2, 0.25) is 0 Å². The van der Waals surface area contributed by atoms with Gasteiger partial charge < -0.3 is 10.1 Å². The molecule has 1 aromatic heterocycles. The van der Waals surface area contributed by atoms with Gasteiger partial charge in [-0.15, -0.1) is 0 Å². The Labute approximate surface area is 85.5 Å². The van der Waals surface area contributed by atoms with Gasteiger partial charge in [-0.3, -0.25) is 4.79 Å². The highest BCUT2D eigenvalue weighted by Gasteiger charge is 2.16. The minimum absolute atomic E-state index is 0.155. The molecule has 0 fully saturated rings. The number of pyridine rings is 1. The number of hydrogen-bond acceptors (Lipinski definition) is 4. The molecule has 0 unspecified atom stereocenters. The highest BCUT2D eigenvalue weighted by atomic mass is 32.2. The molecule has 0 saturated heterocycles. The first-order chi connectivity index (χ1) is 6.88. The van der Waals surface area contributed by atoms with Crippen molar-refractivity contribution in [1.29, 1.82) is 0 Å². The molecule has 0 spiro atoms. The molecule has 0 aromatic carbocycles. The lowest BCUT2D eigenvalue weighted by Crippen LogP contribution is -2.19. The topological polar surface area (TPSA) is 104 Å². The van der Waals surface area contributed by atoms with Crippen LogP contribution in [0.4, 0.5) is 0 Å². The van der Waals surface area contributed by atoms with Crippen molar-refractivity contribution >= 4 is 15.8 Å². The highest BCUT2D eigenvalue weighted by Crippen LogP contribution is 2.09. The summed E-state index contributed by atoms with van der Waals surface area (Å²) >= 11 is 0. The third kappa shape index (κ3) is 2.24. The summed E-state index contributed by atoms with van der Waals surface area (Å²) < 4.78 is 22.7. The Kier molecular flexibility index (Phi) is 2.94. The molecule has 2 N–H and O–H groups in total. The molecule has 0 atom stereocenters. The molecule has 6 nitrogen and oxygen atoms in total. The van der Waals surface area contributed by atoms with Crippen LogP contribution in [0.1, 0.15) is 17.3 Å². The largest absolute Gasteiger partial charge is 0.477 e. The van der Waals surface area contributed by atoms with Crippen LogP contribution in [0.25, 0.3) is 0 Å². The van der Waals surface area contributed by atoms with Crippen molar-refractivity contribution in [2.75, 3.05) is 5.75 Å². The van der Waals surface area contributed by atoms with Crippen molar-refractivity contribution in [1.82, 2.24) is 4.98 Å². The summed E-state index contributed by atoms with van der Waals surface area (Å²) in [5, 5.41) is 8.61. The van der Waals surface area contributed by atoms with Gasteiger partial charge in [0.05, 0.1) is 10.6 Å². The van der Waals surface area contributed by atoms with E-state index in [9.17, 15) is 18.0 Å². The molecule has 1 aromatic rings. The van der Waals surface area contributed by atoms with Gasteiger partial charge in [0.2, 0.25) is 0 Å². The number of carboxylic acids is 1. The molecular formula is C8H9NO5S. The van der Waals surface area contributed by atoms with E-state index in [0.29, 0.717) is 0 Å². The Morgan fingerprint density at radius 1 is 1.53 bits per heavy atom. The zero-order valence-electron chi connectivity index (χ0n) is 7.85. The Morgan fingerprint density at radius 2 is 2.13 bits per heavy atom. The van der Waals surface area contributed by atoms with Crippen molar-refractivity contribution in [2.24, 2.45) is 0 Å². The minimum atomic E-state index is -3.50. The number of carboxylic acid groups (broad SMARTS) is 1. The molecule has 82 valence electrons. The fourth-order valence-electron chi connectivity index (χ4n) is 0.969. The lowest BCUT2D eigenvalue weighted by atomic mass is 10.3. The quantitative estimate of drug-likeness (QED) is 0.753. The van der Waals surface area contributed by atoms with E-state index < -0.39 is 26.9 Å². The van der Waals surface area contributed by atoms with E-state index in [0.717, 1.165) is 12.3 Å². The average Bonchev–Trinajstić information content (AvgIpc) is 2.17. The Morgan fingerprint density at radius 3 is 2.60 bits per heavy atom. The predicted octanol–water partition coefficient (Wildman–Crippen LogP) is -0.133. The Hall–Kier alpha value is -1.63. The predicted molar refractivity (Wildman–Crippen MR) is 51.7 cm³/mol. The molecule has 0 saturated carbocycles. The van der Waals surface area contributed by atoms with E-state index in [2.05, 4.69) is 4.98 Å². The molecule has 0 radical (unpaired) electrons. The monoisotopic (exact) mass is 231 g/mol. The van der Waals surface area contributed by atoms with Gasteiger partial charge in [-0.2, -0.15) is 0 Å². The second-order valence-corrected chi connectivity index (χ2v) is 5.07. The number of H-pyrrole nitrogens is 1. The van der Waals surface area contributed by atoms with Crippen LogP contribution in [-0.2, 0) is 9.84 Å². The number of hydrogen-bond donors (Lipinski definition) is 2. The maximum absolute atomic E-state index is 11.4. The van der Waals surface area contributed by atoms with Gasteiger partial charge in [0.15, 0.2) is 9.84 Å². The van der Waals surface area contributed by atoms with Gasteiger partial charge in [-0.1, -0.05) is 6.92 Å². The van der Waals surface area contributed by atoms with Crippen LogP contribution in [0.15, 0.2) is 22.0 Å². The molecule has 1 rings (SSSR count). The fraction of sp³-hybridized carbons (Fsp3) is 0.250. The summed E-state index contributed by atoms with van der Waals surface area (Å²) in [6, 6.07) is 0.861. The van der Waals surface area contributed by atoms with E-state index in [1.54, 1.807) is 0 Å². The van der Waals surface area contributed by atoms with Gasteiger partial charge in [0.25, 0.3) is 5.56 Å². The lowest BCUT2D eigenvalue weighted by molar-refractivity contribution is 0.0694. The summed E-state index contributed by atoms with van der Waals surface area (Å²) in [4.78, 5) is 23.5. The molecule has 0 bridgehead atoms. The standard InChI is InChI=1S/C8H9NO5S/c1-2-15(13,14)5-3-6(8(11)12)7(10)9-4-5/h3-4H,2H2,1H3,(H,9,10)(H,11,12). The number of rotatable bonds is 3. The van der Waals surface area contributed by atoms with Crippen molar-refractivity contribution in [3.05, 3.63) is 28.2 Å². The van der Waals surface area contributed by atoms with E-state index in [-0.39, 0.29) is 10.6 Å².